The number of hydrogen-bond donors (Lipinski definition) is 0. The van der Waals surface area contributed by atoms with Crippen molar-refractivity contribution in [2.24, 2.45) is 0 Å². The van der Waals surface area contributed by atoms with Gasteiger partial charge in [-0.25, -0.2) is 8.78 Å². The van der Waals surface area contributed by atoms with Gasteiger partial charge in [0.2, 0.25) is 0 Å². The number of halogens is 4. The van der Waals surface area contributed by atoms with Gasteiger partial charge in [0.1, 0.15) is 17.7 Å². The van der Waals surface area contributed by atoms with Crippen LogP contribution in [0.4, 0.5) is 8.78 Å². The molecule has 0 heterocycles. The predicted molar refractivity (Wildman–Crippen MR) is 71.9 cm³/mol. The van der Waals surface area contributed by atoms with E-state index in [4.69, 9.17) is 5.26 Å². The van der Waals surface area contributed by atoms with Gasteiger partial charge in [0, 0.05) is 15.0 Å². The minimum Gasteiger partial charge on any atom is -0.207 e. The van der Waals surface area contributed by atoms with Gasteiger partial charge in [-0.1, -0.05) is 0 Å². The number of benzene rings is 2. The van der Waals surface area contributed by atoms with Crippen LogP contribution in [0.1, 0.15) is 5.56 Å². The second kappa shape index (κ2) is 5.17. The molecule has 0 bridgehead atoms. The third-order valence-corrected chi connectivity index (χ3v) is 3.60. The van der Waals surface area contributed by atoms with Gasteiger partial charge in [0.05, 0.1) is 5.56 Å². The van der Waals surface area contributed by atoms with Gasteiger partial charge in [-0.05, 0) is 67.3 Å². The first kappa shape index (κ1) is 13.2. The summed E-state index contributed by atoms with van der Waals surface area (Å²) in [6, 6.07) is 8.62. The molecule has 0 spiro atoms. The highest BCUT2D eigenvalue weighted by molar-refractivity contribution is 9.11. The van der Waals surface area contributed by atoms with Crippen molar-refractivity contribution in [1.29, 1.82) is 5.26 Å². The SMILES string of the molecule is N#Cc1c(Br)cc(-c2cc(F)cc(F)c2)cc1Br. The van der Waals surface area contributed by atoms with Gasteiger partial charge >= 0.3 is 0 Å². The molecule has 0 saturated heterocycles. The fraction of sp³-hybridized carbons (Fsp3) is 0. The fourth-order valence-electron chi connectivity index (χ4n) is 1.57. The van der Waals surface area contributed by atoms with Gasteiger partial charge in [0.15, 0.2) is 0 Å². The Kier molecular flexibility index (Phi) is 3.79. The van der Waals surface area contributed by atoms with Crippen LogP contribution in [0, 0.1) is 23.0 Å². The zero-order valence-corrected chi connectivity index (χ0v) is 12.0. The van der Waals surface area contributed by atoms with E-state index in [0.717, 1.165) is 6.07 Å². The molecule has 0 unspecified atom stereocenters. The Morgan fingerprint density at radius 2 is 1.28 bits per heavy atom. The predicted octanol–water partition coefficient (Wildman–Crippen LogP) is 5.03. The van der Waals surface area contributed by atoms with Crippen LogP contribution in [0.3, 0.4) is 0 Å². The van der Waals surface area contributed by atoms with Crippen LogP contribution in [0.25, 0.3) is 11.1 Å². The number of nitrogens with zero attached hydrogens (tertiary/aromatic N) is 1. The average Bonchev–Trinajstić information content (AvgIpc) is 2.27. The Labute approximate surface area is 119 Å². The Morgan fingerprint density at radius 1 is 0.833 bits per heavy atom. The largest absolute Gasteiger partial charge is 0.207 e. The quantitative estimate of drug-likeness (QED) is 0.688. The summed E-state index contributed by atoms with van der Waals surface area (Å²) < 4.78 is 27.4. The zero-order valence-electron chi connectivity index (χ0n) is 8.85. The first-order valence-electron chi connectivity index (χ1n) is 4.87. The van der Waals surface area contributed by atoms with E-state index in [1.807, 2.05) is 6.07 Å². The molecule has 0 aliphatic heterocycles. The second-order valence-corrected chi connectivity index (χ2v) is 5.29. The van der Waals surface area contributed by atoms with Crippen LogP contribution in [0.5, 0.6) is 0 Å². The Bertz CT molecular complexity index is 619. The van der Waals surface area contributed by atoms with E-state index >= 15 is 0 Å². The summed E-state index contributed by atoms with van der Waals surface area (Å²) in [5.74, 6) is -1.27. The first-order valence-corrected chi connectivity index (χ1v) is 6.45. The molecule has 0 aliphatic rings. The van der Waals surface area contributed by atoms with Crippen LogP contribution in [0.15, 0.2) is 39.3 Å². The summed E-state index contributed by atoms with van der Waals surface area (Å²) in [7, 11) is 0. The van der Waals surface area contributed by atoms with Gasteiger partial charge in [-0.2, -0.15) is 5.26 Å². The Morgan fingerprint density at radius 3 is 1.72 bits per heavy atom. The van der Waals surface area contributed by atoms with Crippen molar-refractivity contribution in [2.45, 2.75) is 0 Å². The molecule has 2 aromatic carbocycles. The maximum atomic E-state index is 13.1. The highest BCUT2D eigenvalue weighted by Gasteiger charge is 2.10. The summed E-state index contributed by atoms with van der Waals surface area (Å²) in [5, 5.41) is 8.92. The van der Waals surface area contributed by atoms with Crippen molar-refractivity contribution in [3.8, 4) is 17.2 Å². The fourth-order valence-corrected chi connectivity index (χ4v) is 2.93. The average molecular weight is 373 g/mol. The highest BCUT2D eigenvalue weighted by Crippen LogP contribution is 2.32. The van der Waals surface area contributed by atoms with Crippen molar-refractivity contribution < 1.29 is 8.78 Å². The van der Waals surface area contributed by atoms with Crippen LogP contribution < -0.4 is 0 Å². The third kappa shape index (κ3) is 2.60. The molecule has 0 fully saturated rings. The molecule has 0 aliphatic carbocycles. The maximum absolute atomic E-state index is 13.1. The third-order valence-electron chi connectivity index (χ3n) is 2.35. The second-order valence-electron chi connectivity index (χ2n) is 3.58. The summed E-state index contributed by atoms with van der Waals surface area (Å²) in [6.45, 7) is 0. The van der Waals surface area contributed by atoms with E-state index in [-0.39, 0.29) is 0 Å². The van der Waals surface area contributed by atoms with Gasteiger partial charge in [-0.3, -0.25) is 0 Å². The number of rotatable bonds is 1. The minimum atomic E-state index is -0.637. The first-order chi connectivity index (χ1) is 8.51. The molecule has 2 aromatic rings. The molecule has 0 aromatic heterocycles. The van der Waals surface area contributed by atoms with E-state index in [9.17, 15) is 8.78 Å². The molecular formula is C13H5Br2F2N. The molecule has 0 radical (unpaired) electrons. The molecule has 18 heavy (non-hydrogen) atoms. The number of hydrogen-bond acceptors (Lipinski definition) is 1. The van der Waals surface area contributed by atoms with Crippen molar-refractivity contribution in [2.75, 3.05) is 0 Å². The highest BCUT2D eigenvalue weighted by atomic mass is 79.9. The summed E-state index contributed by atoms with van der Waals surface area (Å²) in [6.07, 6.45) is 0. The molecule has 0 saturated carbocycles. The molecule has 5 heteroatoms. The van der Waals surface area contributed by atoms with E-state index in [0.29, 0.717) is 25.6 Å². The van der Waals surface area contributed by atoms with E-state index in [1.54, 1.807) is 12.1 Å². The maximum Gasteiger partial charge on any atom is 0.126 e. The molecule has 90 valence electrons. The lowest BCUT2D eigenvalue weighted by molar-refractivity contribution is 0.584. The topological polar surface area (TPSA) is 23.8 Å². The van der Waals surface area contributed by atoms with Crippen LogP contribution in [-0.2, 0) is 0 Å². The van der Waals surface area contributed by atoms with Crippen LogP contribution in [0.2, 0.25) is 0 Å². The molecule has 0 N–H and O–H groups in total. The van der Waals surface area contributed by atoms with E-state index in [2.05, 4.69) is 31.9 Å². The van der Waals surface area contributed by atoms with E-state index < -0.39 is 11.6 Å². The minimum absolute atomic E-state index is 0.415. The normalized spacial score (nSPS) is 10.2. The molecule has 2 rings (SSSR count). The van der Waals surface area contributed by atoms with Crippen molar-refractivity contribution in [1.82, 2.24) is 0 Å². The molecule has 0 atom stereocenters. The summed E-state index contributed by atoms with van der Waals surface area (Å²) >= 11 is 6.50. The summed E-state index contributed by atoms with van der Waals surface area (Å²) in [4.78, 5) is 0. The van der Waals surface area contributed by atoms with Gasteiger partial charge in [-0.15, -0.1) is 0 Å². The Hall–Kier alpha value is -1.25. The lowest BCUT2D eigenvalue weighted by Gasteiger charge is -2.06. The molecule has 0 amide bonds. The Balaban J connectivity index is 2.62. The van der Waals surface area contributed by atoms with Crippen molar-refractivity contribution in [3.63, 3.8) is 0 Å². The van der Waals surface area contributed by atoms with Crippen LogP contribution >= 0.6 is 31.9 Å². The smallest absolute Gasteiger partial charge is 0.126 e. The lowest BCUT2D eigenvalue weighted by Crippen LogP contribution is -1.87. The molecular weight excluding hydrogens is 368 g/mol. The lowest BCUT2D eigenvalue weighted by atomic mass is 10.0. The monoisotopic (exact) mass is 371 g/mol. The van der Waals surface area contributed by atoms with Gasteiger partial charge in [0.25, 0.3) is 0 Å². The summed E-state index contributed by atoms with van der Waals surface area (Å²) in [5.41, 5.74) is 1.47. The van der Waals surface area contributed by atoms with E-state index in [1.165, 1.54) is 12.1 Å². The standard InChI is InChI=1S/C13H5Br2F2N/c14-12-3-8(4-13(15)11(12)6-18)7-1-9(16)5-10(17)2-7/h1-5H. The zero-order chi connectivity index (χ0) is 13.3. The molecule has 1 nitrogen and oxygen atoms in total. The van der Waals surface area contributed by atoms with Crippen LogP contribution in [-0.4, -0.2) is 0 Å². The van der Waals surface area contributed by atoms with Crippen molar-refractivity contribution >= 4 is 31.9 Å². The number of nitriles is 1. The van der Waals surface area contributed by atoms with Crippen molar-refractivity contribution in [3.05, 3.63) is 56.5 Å². The van der Waals surface area contributed by atoms with Gasteiger partial charge < -0.3 is 0 Å².